The van der Waals surface area contributed by atoms with E-state index >= 15 is 0 Å². The first-order chi connectivity index (χ1) is 11.2. The maximum Gasteiger partial charge on any atom is 0.302 e. The van der Waals surface area contributed by atoms with Gasteiger partial charge in [-0.1, -0.05) is 25.5 Å². The molecule has 4 rings (SSSR count). The fourth-order valence-electron chi connectivity index (χ4n) is 6.12. The van der Waals surface area contributed by atoms with E-state index in [-0.39, 0.29) is 41.0 Å². The van der Waals surface area contributed by atoms with Gasteiger partial charge in [0.05, 0.1) is 18.3 Å². The van der Waals surface area contributed by atoms with E-state index in [0.717, 1.165) is 12.8 Å². The highest BCUT2D eigenvalue weighted by molar-refractivity contribution is 5.66. The van der Waals surface area contributed by atoms with E-state index in [1.165, 1.54) is 12.5 Å². The second-order valence-electron chi connectivity index (χ2n) is 8.46. The Kier molecular flexibility index (Phi) is 3.33. The lowest BCUT2D eigenvalue weighted by Gasteiger charge is -2.58. The Bertz CT molecular complexity index is 615. The number of rotatable bonds is 2. The van der Waals surface area contributed by atoms with Crippen LogP contribution in [-0.2, 0) is 19.0 Å². The van der Waals surface area contributed by atoms with Gasteiger partial charge in [-0.25, -0.2) is 0 Å². The molecule has 2 saturated heterocycles. The Morgan fingerprint density at radius 3 is 2.71 bits per heavy atom. The SMILES string of the molecule is CC(=O)OCC12CCC(C)=CC1O[C@@H]1[C@H](O)[C@@H](C)[C@@]2(C)[C@@]12O[C@@H]2C. The highest BCUT2D eigenvalue weighted by Gasteiger charge is 2.86. The van der Waals surface area contributed by atoms with Gasteiger partial charge in [0, 0.05) is 17.8 Å². The molecule has 0 amide bonds. The van der Waals surface area contributed by atoms with Crippen LogP contribution in [0, 0.1) is 16.7 Å². The standard InChI is InChI=1S/C19H28O5/c1-10-6-7-18(9-22-13(4)20)14(8-10)23-16-15(21)11(2)17(18,5)19(16)12(3)24-19/h8,11-12,14-16,21H,6-7,9H2,1-5H3/t11-,12-,14?,15-,16-,17-,18?,19+/m1/s1. The summed E-state index contributed by atoms with van der Waals surface area (Å²) >= 11 is 0. The number of hydrogen-bond acceptors (Lipinski definition) is 5. The molecule has 2 aliphatic heterocycles. The molecule has 5 heteroatoms. The number of esters is 1. The van der Waals surface area contributed by atoms with E-state index in [1.54, 1.807) is 0 Å². The Morgan fingerprint density at radius 1 is 1.46 bits per heavy atom. The number of aliphatic hydroxyl groups excluding tert-OH is 1. The Morgan fingerprint density at radius 2 is 2.12 bits per heavy atom. The van der Waals surface area contributed by atoms with E-state index in [2.05, 4.69) is 33.8 Å². The summed E-state index contributed by atoms with van der Waals surface area (Å²) in [5.74, 6) is -0.259. The van der Waals surface area contributed by atoms with Crippen molar-refractivity contribution in [1.29, 1.82) is 0 Å². The average Bonchev–Trinajstić information content (AvgIpc) is 3.18. The van der Waals surface area contributed by atoms with Crippen LogP contribution in [-0.4, -0.2) is 47.7 Å². The number of carbonyl (C=O) groups is 1. The van der Waals surface area contributed by atoms with Gasteiger partial charge in [-0.3, -0.25) is 4.79 Å². The third-order valence-corrected chi connectivity index (χ3v) is 7.69. The number of epoxide rings is 1. The van der Waals surface area contributed by atoms with E-state index in [1.807, 2.05) is 0 Å². The largest absolute Gasteiger partial charge is 0.465 e. The quantitative estimate of drug-likeness (QED) is 0.476. The molecule has 0 aromatic heterocycles. The minimum atomic E-state index is -0.562. The van der Waals surface area contributed by atoms with Gasteiger partial charge in [-0.15, -0.1) is 0 Å². The first-order valence-corrected chi connectivity index (χ1v) is 9.03. The number of allylic oxidation sites excluding steroid dienone is 1. The summed E-state index contributed by atoms with van der Waals surface area (Å²) in [6.45, 7) is 10.2. The van der Waals surface area contributed by atoms with Crippen molar-refractivity contribution in [2.24, 2.45) is 16.7 Å². The molecule has 134 valence electrons. The minimum Gasteiger partial charge on any atom is -0.465 e. The molecule has 4 aliphatic rings. The smallest absolute Gasteiger partial charge is 0.302 e. The molecule has 0 radical (unpaired) electrons. The second kappa shape index (κ2) is 4.83. The van der Waals surface area contributed by atoms with Crippen LogP contribution >= 0.6 is 0 Å². The lowest BCUT2D eigenvalue weighted by Crippen LogP contribution is -2.66. The monoisotopic (exact) mass is 336 g/mol. The van der Waals surface area contributed by atoms with Crippen molar-refractivity contribution in [2.75, 3.05) is 6.61 Å². The van der Waals surface area contributed by atoms with Crippen molar-refractivity contribution in [3.05, 3.63) is 11.6 Å². The second-order valence-corrected chi connectivity index (χ2v) is 8.46. The van der Waals surface area contributed by atoms with Crippen molar-refractivity contribution in [1.82, 2.24) is 0 Å². The van der Waals surface area contributed by atoms with E-state index in [9.17, 15) is 9.90 Å². The zero-order valence-electron chi connectivity index (χ0n) is 15.2. The summed E-state index contributed by atoms with van der Waals surface area (Å²) in [5, 5.41) is 10.9. The van der Waals surface area contributed by atoms with Gasteiger partial charge in [0.2, 0.25) is 0 Å². The molecule has 2 heterocycles. The fourth-order valence-corrected chi connectivity index (χ4v) is 6.12. The van der Waals surface area contributed by atoms with Crippen LogP contribution < -0.4 is 0 Å². The van der Waals surface area contributed by atoms with Crippen molar-refractivity contribution in [3.63, 3.8) is 0 Å². The number of ether oxygens (including phenoxy) is 3. The first kappa shape index (κ1) is 16.6. The molecular weight excluding hydrogens is 308 g/mol. The highest BCUT2D eigenvalue weighted by atomic mass is 16.7. The predicted octanol–water partition coefficient (Wildman–Crippen LogP) is 2.22. The van der Waals surface area contributed by atoms with Crippen LogP contribution in [0.5, 0.6) is 0 Å². The Balaban J connectivity index is 1.86. The maximum absolute atomic E-state index is 11.6. The summed E-state index contributed by atoms with van der Waals surface area (Å²) < 4.78 is 18.1. The third-order valence-electron chi connectivity index (χ3n) is 7.69. The number of carbonyl (C=O) groups excluding carboxylic acids is 1. The zero-order chi connectivity index (χ0) is 17.5. The fraction of sp³-hybridized carbons (Fsp3) is 0.842. The number of fused-ring (bicyclic) bond motifs is 2. The number of aliphatic hydroxyl groups is 1. The summed E-state index contributed by atoms with van der Waals surface area (Å²) in [7, 11) is 0. The first-order valence-electron chi connectivity index (χ1n) is 9.03. The Hall–Kier alpha value is -0.910. The van der Waals surface area contributed by atoms with Crippen molar-refractivity contribution in [2.45, 2.75) is 77.5 Å². The minimum absolute atomic E-state index is 0.0137. The van der Waals surface area contributed by atoms with Gasteiger partial charge in [0.1, 0.15) is 18.3 Å². The van der Waals surface area contributed by atoms with E-state index in [4.69, 9.17) is 14.2 Å². The molecule has 0 aromatic carbocycles. The van der Waals surface area contributed by atoms with Crippen molar-refractivity contribution >= 4 is 5.97 Å². The summed E-state index contributed by atoms with van der Waals surface area (Å²) in [6, 6.07) is 0. The lowest BCUT2D eigenvalue weighted by atomic mass is 9.49. The molecule has 1 spiro atoms. The van der Waals surface area contributed by atoms with Gasteiger partial charge >= 0.3 is 5.97 Å². The average molecular weight is 336 g/mol. The maximum atomic E-state index is 11.6. The lowest BCUT2D eigenvalue weighted by molar-refractivity contribution is -0.226. The summed E-state index contributed by atoms with van der Waals surface area (Å²) in [6.07, 6.45) is 3.03. The van der Waals surface area contributed by atoms with Gasteiger partial charge in [-0.2, -0.15) is 0 Å². The summed E-state index contributed by atoms with van der Waals surface area (Å²) in [4.78, 5) is 11.6. The summed E-state index contributed by atoms with van der Waals surface area (Å²) in [5.41, 5.74) is 0.154. The molecule has 3 fully saturated rings. The molecule has 1 N–H and O–H groups in total. The molecule has 1 saturated carbocycles. The topological polar surface area (TPSA) is 68.3 Å². The Labute approximate surface area is 143 Å². The van der Waals surface area contributed by atoms with Crippen LogP contribution in [0.15, 0.2) is 11.6 Å². The number of hydrogen-bond donors (Lipinski definition) is 1. The van der Waals surface area contributed by atoms with E-state index in [0.29, 0.717) is 6.61 Å². The molecule has 2 bridgehead atoms. The van der Waals surface area contributed by atoms with Crippen LogP contribution in [0.3, 0.4) is 0 Å². The predicted molar refractivity (Wildman–Crippen MR) is 87.3 cm³/mol. The molecular formula is C19H28O5. The van der Waals surface area contributed by atoms with Crippen LogP contribution in [0.2, 0.25) is 0 Å². The van der Waals surface area contributed by atoms with Gasteiger partial charge in [0.25, 0.3) is 0 Å². The normalized spacial score (nSPS) is 55.1. The van der Waals surface area contributed by atoms with Crippen molar-refractivity contribution in [3.8, 4) is 0 Å². The van der Waals surface area contributed by atoms with Crippen LogP contribution in [0.1, 0.15) is 47.5 Å². The molecule has 8 atom stereocenters. The van der Waals surface area contributed by atoms with Crippen molar-refractivity contribution < 1.29 is 24.1 Å². The molecule has 5 nitrogen and oxygen atoms in total. The molecule has 2 unspecified atom stereocenters. The van der Waals surface area contributed by atoms with Crippen LogP contribution in [0.25, 0.3) is 0 Å². The van der Waals surface area contributed by atoms with Crippen LogP contribution in [0.4, 0.5) is 0 Å². The van der Waals surface area contributed by atoms with E-state index < -0.39 is 11.7 Å². The van der Waals surface area contributed by atoms with Gasteiger partial charge in [0.15, 0.2) is 0 Å². The molecule has 2 aliphatic carbocycles. The van der Waals surface area contributed by atoms with Gasteiger partial charge in [-0.05, 0) is 32.6 Å². The highest BCUT2D eigenvalue weighted by Crippen LogP contribution is 2.75. The third kappa shape index (κ3) is 1.64. The zero-order valence-corrected chi connectivity index (χ0v) is 15.2. The molecule has 0 aromatic rings. The van der Waals surface area contributed by atoms with Gasteiger partial charge < -0.3 is 19.3 Å². The molecule has 24 heavy (non-hydrogen) atoms.